The van der Waals surface area contributed by atoms with E-state index < -0.39 is 0 Å². The Kier molecular flexibility index (Phi) is 4.43. The van der Waals surface area contributed by atoms with Crippen molar-refractivity contribution in [3.63, 3.8) is 0 Å². The highest BCUT2D eigenvalue weighted by Gasteiger charge is 2.34. The maximum atomic E-state index is 12.4. The molecule has 3 nitrogen and oxygen atoms in total. The molecule has 0 aliphatic heterocycles. The van der Waals surface area contributed by atoms with Crippen molar-refractivity contribution < 1.29 is 4.79 Å². The molecule has 3 heteroatoms. The summed E-state index contributed by atoms with van der Waals surface area (Å²) >= 11 is 0. The van der Waals surface area contributed by atoms with Gasteiger partial charge in [-0.15, -0.1) is 0 Å². The summed E-state index contributed by atoms with van der Waals surface area (Å²) in [6.45, 7) is 0.729. The van der Waals surface area contributed by atoms with Crippen LogP contribution in [0.2, 0.25) is 0 Å². The van der Waals surface area contributed by atoms with Gasteiger partial charge in [0.05, 0.1) is 0 Å². The molecule has 2 N–H and O–H groups in total. The largest absolute Gasteiger partial charge is 0.342 e. The Morgan fingerprint density at radius 1 is 1.12 bits per heavy atom. The first-order valence-corrected chi connectivity index (χ1v) is 7.20. The summed E-state index contributed by atoms with van der Waals surface area (Å²) in [4.78, 5) is 14.5. The average Bonchev–Trinajstić information content (AvgIpc) is 2.86. The molecule has 2 aliphatic carbocycles. The highest BCUT2D eigenvalue weighted by molar-refractivity contribution is 5.79. The number of hydrogen-bond acceptors (Lipinski definition) is 2. The molecule has 2 atom stereocenters. The van der Waals surface area contributed by atoms with Gasteiger partial charge in [-0.3, -0.25) is 4.79 Å². The highest BCUT2D eigenvalue weighted by Crippen LogP contribution is 2.31. The molecular formula is C14H26N2O. The van der Waals surface area contributed by atoms with Crippen molar-refractivity contribution in [3.05, 3.63) is 0 Å². The van der Waals surface area contributed by atoms with Gasteiger partial charge in [-0.1, -0.05) is 25.7 Å². The molecule has 0 aromatic carbocycles. The second kappa shape index (κ2) is 5.85. The van der Waals surface area contributed by atoms with Gasteiger partial charge in [0.2, 0.25) is 5.91 Å². The Morgan fingerprint density at radius 3 is 2.47 bits per heavy atom. The minimum absolute atomic E-state index is 0.299. The molecule has 2 saturated carbocycles. The lowest BCUT2D eigenvalue weighted by Gasteiger charge is -2.33. The van der Waals surface area contributed by atoms with Gasteiger partial charge in [-0.05, 0) is 38.1 Å². The molecule has 0 saturated heterocycles. The predicted octanol–water partition coefficient (Wildman–Crippen LogP) is 2.15. The molecule has 0 radical (unpaired) electrons. The summed E-state index contributed by atoms with van der Waals surface area (Å²) < 4.78 is 0. The standard InChI is InChI=1S/C14H26N2O/c1-16(13-9-5-8-12(13)10-15)14(17)11-6-3-2-4-7-11/h11-13H,2-10,15H2,1H3. The number of carbonyl (C=O) groups is 1. The van der Waals surface area contributed by atoms with Gasteiger partial charge in [-0.2, -0.15) is 0 Å². The van der Waals surface area contributed by atoms with Crippen molar-refractivity contribution in [2.24, 2.45) is 17.6 Å². The number of hydrogen-bond donors (Lipinski definition) is 1. The third-order valence-corrected chi connectivity index (χ3v) is 4.72. The van der Waals surface area contributed by atoms with Gasteiger partial charge >= 0.3 is 0 Å². The second-order valence-electron chi connectivity index (χ2n) is 5.78. The number of rotatable bonds is 3. The molecule has 2 unspecified atom stereocenters. The number of nitrogens with two attached hydrogens (primary N) is 1. The number of amides is 1. The highest BCUT2D eigenvalue weighted by atomic mass is 16.2. The summed E-state index contributed by atoms with van der Waals surface area (Å²) in [5, 5.41) is 0. The van der Waals surface area contributed by atoms with Gasteiger partial charge in [0.1, 0.15) is 0 Å². The molecule has 2 aliphatic rings. The topological polar surface area (TPSA) is 46.3 Å². The zero-order valence-corrected chi connectivity index (χ0v) is 11.0. The average molecular weight is 238 g/mol. The first kappa shape index (κ1) is 12.9. The molecule has 98 valence electrons. The maximum absolute atomic E-state index is 12.4. The summed E-state index contributed by atoms with van der Waals surface area (Å²) in [7, 11) is 2.00. The van der Waals surface area contributed by atoms with E-state index in [1.807, 2.05) is 11.9 Å². The summed E-state index contributed by atoms with van der Waals surface area (Å²) in [5.74, 6) is 1.22. The van der Waals surface area contributed by atoms with Crippen molar-refractivity contribution >= 4 is 5.91 Å². The minimum atomic E-state index is 0.299. The van der Waals surface area contributed by atoms with Crippen LogP contribution in [0.15, 0.2) is 0 Å². The molecule has 0 bridgehead atoms. The Labute approximate surface area is 105 Å². The first-order chi connectivity index (χ1) is 8.24. The molecule has 0 aromatic rings. The smallest absolute Gasteiger partial charge is 0.225 e. The van der Waals surface area contributed by atoms with Crippen LogP contribution in [-0.4, -0.2) is 30.4 Å². The van der Waals surface area contributed by atoms with Crippen LogP contribution in [0.5, 0.6) is 0 Å². The summed E-state index contributed by atoms with van der Waals surface area (Å²) in [6.07, 6.45) is 9.55. The minimum Gasteiger partial charge on any atom is -0.342 e. The molecule has 0 heterocycles. The molecule has 2 rings (SSSR count). The third kappa shape index (κ3) is 2.82. The van der Waals surface area contributed by atoms with Crippen LogP contribution in [0.3, 0.4) is 0 Å². The van der Waals surface area contributed by atoms with Crippen molar-refractivity contribution in [2.75, 3.05) is 13.6 Å². The molecule has 17 heavy (non-hydrogen) atoms. The van der Waals surface area contributed by atoms with Crippen LogP contribution in [0.25, 0.3) is 0 Å². The van der Waals surface area contributed by atoms with Gasteiger partial charge in [0.15, 0.2) is 0 Å². The Balaban J connectivity index is 1.93. The first-order valence-electron chi connectivity index (χ1n) is 7.20. The van der Waals surface area contributed by atoms with Crippen LogP contribution in [0, 0.1) is 11.8 Å². The lowest BCUT2D eigenvalue weighted by molar-refractivity contribution is -0.138. The molecule has 1 amide bonds. The van der Waals surface area contributed by atoms with Gasteiger partial charge < -0.3 is 10.6 Å². The SMILES string of the molecule is CN(C(=O)C1CCCCC1)C1CCCC1CN. The van der Waals surface area contributed by atoms with E-state index in [1.54, 1.807) is 0 Å². The van der Waals surface area contributed by atoms with E-state index >= 15 is 0 Å². The van der Waals surface area contributed by atoms with E-state index in [0.29, 0.717) is 23.8 Å². The van der Waals surface area contributed by atoms with E-state index in [1.165, 1.54) is 32.1 Å². The Morgan fingerprint density at radius 2 is 1.82 bits per heavy atom. The normalized spacial score (nSPS) is 30.5. The quantitative estimate of drug-likeness (QED) is 0.819. The molecule has 0 spiro atoms. The van der Waals surface area contributed by atoms with E-state index in [-0.39, 0.29) is 0 Å². The molecule has 2 fully saturated rings. The summed E-state index contributed by atoms with van der Waals surface area (Å²) in [6, 6.07) is 0.412. The van der Waals surface area contributed by atoms with Crippen molar-refractivity contribution in [1.82, 2.24) is 4.90 Å². The van der Waals surface area contributed by atoms with Crippen molar-refractivity contribution in [2.45, 2.75) is 57.4 Å². The monoisotopic (exact) mass is 238 g/mol. The van der Waals surface area contributed by atoms with Crippen LogP contribution in [0.4, 0.5) is 0 Å². The maximum Gasteiger partial charge on any atom is 0.225 e. The fourth-order valence-electron chi connectivity index (χ4n) is 3.60. The van der Waals surface area contributed by atoms with Crippen molar-refractivity contribution in [1.29, 1.82) is 0 Å². The molecular weight excluding hydrogens is 212 g/mol. The van der Waals surface area contributed by atoms with E-state index in [4.69, 9.17) is 5.73 Å². The number of nitrogens with zero attached hydrogens (tertiary/aromatic N) is 1. The van der Waals surface area contributed by atoms with Crippen LogP contribution >= 0.6 is 0 Å². The van der Waals surface area contributed by atoms with E-state index in [0.717, 1.165) is 25.8 Å². The fraction of sp³-hybridized carbons (Fsp3) is 0.929. The second-order valence-corrected chi connectivity index (χ2v) is 5.78. The van der Waals surface area contributed by atoms with Crippen molar-refractivity contribution in [3.8, 4) is 0 Å². The Hall–Kier alpha value is -0.570. The predicted molar refractivity (Wildman–Crippen MR) is 69.5 cm³/mol. The van der Waals surface area contributed by atoms with E-state index in [9.17, 15) is 4.79 Å². The summed E-state index contributed by atoms with van der Waals surface area (Å²) in [5.41, 5.74) is 5.80. The zero-order valence-electron chi connectivity index (χ0n) is 11.0. The van der Waals surface area contributed by atoms with Gasteiger partial charge in [0.25, 0.3) is 0 Å². The lowest BCUT2D eigenvalue weighted by Crippen LogP contribution is -2.44. The lowest BCUT2D eigenvalue weighted by atomic mass is 9.87. The van der Waals surface area contributed by atoms with Crippen LogP contribution in [-0.2, 0) is 4.79 Å². The van der Waals surface area contributed by atoms with Crippen LogP contribution in [0.1, 0.15) is 51.4 Å². The fourth-order valence-corrected chi connectivity index (χ4v) is 3.60. The zero-order chi connectivity index (χ0) is 12.3. The van der Waals surface area contributed by atoms with E-state index in [2.05, 4.69) is 0 Å². The Bertz CT molecular complexity index is 261. The molecule has 0 aromatic heterocycles. The van der Waals surface area contributed by atoms with Crippen LogP contribution < -0.4 is 5.73 Å². The van der Waals surface area contributed by atoms with Gasteiger partial charge in [0, 0.05) is 19.0 Å². The third-order valence-electron chi connectivity index (χ3n) is 4.72. The van der Waals surface area contributed by atoms with Gasteiger partial charge in [-0.25, -0.2) is 0 Å². The number of carbonyl (C=O) groups excluding carboxylic acids is 1.